The molecule has 0 radical (unpaired) electrons. The Hall–Kier alpha value is -1.63. The highest BCUT2D eigenvalue weighted by Crippen LogP contribution is 2.38. The molecule has 0 aliphatic rings. The van der Waals surface area contributed by atoms with Crippen LogP contribution in [0.15, 0.2) is 24.3 Å². The van der Waals surface area contributed by atoms with Crippen molar-refractivity contribution >= 4 is 33.4 Å². The molecule has 0 aliphatic carbocycles. The predicted octanol–water partition coefficient (Wildman–Crippen LogP) is 2.99. The molecule has 0 aromatic heterocycles. The van der Waals surface area contributed by atoms with Crippen molar-refractivity contribution in [3.63, 3.8) is 0 Å². The summed E-state index contributed by atoms with van der Waals surface area (Å²) in [6.45, 7) is 5.90. The minimum Gasteiger partial charge on any atom is -0.490 e. The average Bonchev–Trinajstić information content (AvgIpc) is 2.69. The number of aliphatic hydroxyl groups excluding tert-OH is 1. The van der Waals surface area contributed by atoms with E-state index in [4.69, 9.17) is 14.6 Å². The number of carbonyl (C=O) groups excluding carboxylic acids is 2. The fourth-order valence-corrected chi connectivity index (χ4v) is 4.12. The molecule has 0 saturated heterocycles. The number of nitrogens with one attached hydrogen (secondary N) is 2. The summed E-state index contributed by atoms with van der Waals surface area (Å²) in [6.07, 6.45) is -4.96. The lowest BCUT2D eigenvalue weighted by Gasteiger charge is -2.22. The van der Waals surface area contributed by atoms with Crippen molar-refractivity contribution in [3.8, 4) is 5.75 Å². The van der Waals surface area contributed by atoms with Gasteiger partial charge in [0.25, 0.3) is 5.91 Å². The molecule has 31 heavy (non-hydrogen) atoms. The molecule has 2 amide bonds. The smallest absolute Gasteiger partial charge is 0.471 e. The van der Waals surface area contributed by atoms with Crippen LogP contribution in [0.5, 0.6) is 5.75 Å². The van der Waals surface area contributed by atoms with E-state index in [1.54, 1.807) is 28.2 Å². The second-order valence-corrected chi connectivity index (χ2v) is 10.4. The monoisotopic (exact) mass is 484 g/mol. The predicted molar refractivity (Wildman–Crippen MR) is 115 cm³/mol. The Kier molecular flexibility index (Phi) is 11.5. The third-order valence-electron chi connectivity index (χ3n) is 3.24. The zero-order valence-corrected chi connectivity index (χ0v) is 19.1. The van der Waals surface area contributed by atoms with Gasteiger partial charge in [0, 0.05) is 23.4 Å². The molecule has 0 aliphatic heterocycles. The second kappa shape index (κ2) is 13.0. The van der Waals surface area contributed by atoms with Crippen LogP contribution in [0.1, 0.15) is 31.1 Å². The summed E-state index contributed by atoms with van der Waals surface area (Å²) in [5, 5.41) is 13.1. The number of hydrogen-bond donors (Lipinski definition) is 3. The highest BCUT2D eigenvalue weighted by Gasteiger charge is 2.38. The molecule has 1 aromatic rings. The fourth-order valence-electron chi connectivity index (χ4n) is 1.93. The van der Waals surface area contributed by atoms with Gasteiger partial charge in [-0.2, -0.15) is 13.2 Å². The number of halogens is 3. The molecule has 1 unspecified atom stereocenters. The van der Waals surface area contributed by atoms with E-state index in [2.05, 4.69) is 26.1 Å². The summed E-state index contributed by atoms with van der Waals surface area (Å²) in [7, 11) is 3.10. The van der Waals surface area contributed by atoms with Gasteiger partial charge in [0.1, 0.15) is 17.8 Å². The van der Waals surface area contributed by atoms with Gasteiger partial charge in [0.05, 0.1) is 13.2 Å². The maximum absolute atomic E-state index is 12.2. The molecule has 0 spiro atoms. The molecule has 7 nitrogen and oxygen atoms in total. The molecule has 12 heteroatoms. The first-order valence-electron chi connectivity index (χ1n) is 9.35. The standard InChI is InChI=1S/C19H27F3N2O5S2/c1-18(2,3)31-30-15(28-10-9-25)12-29-14-6-4-5-13(11-14)16(26)23-7-8-24-17(27)19(20,21)22/h4-6,11,15,25H,7-10,12H2,1-3H3,(H,23,26)(H,24,27). The van der Waals surface area contributed by atoms with Crippen LogP contribution in [0.25, 0.3) is 0 Å². The number of carbonyl (C=O) groups is 2. The van der Waals surface area contributed by atoms with E-state index in [1.165, 1.54) is 22.9 Å². The summed E-state index contributed by atoms with van der Waals surface area (Å²) in [4.78, 5) is 22.9. The molecule has 3 N–H and O–H groups in total. The van der Waals surface area contributed by atoms with Crippen LogP contribution >= 0.6 is 21.6 Å². The lowest BCUT2D eigenvalue weighted by molar-refractivity contribution is -0.173. The van der Waals surface area contributed by atoms with Crippen molar-refractivity contribution in [2.75, 3.05) is 32.9 Å². The Balaban J connectivity index is 2.54. The molecule has 1 atom stereocenters. The van der Waals surface area contributed by atoms with Gasteiger partial charge in [-0.15, -0.1) is 0 Å². The van der Waals surface area contributed by atoms with Gasteiger partial charge in [0.2, 0.25) is 0 Å². The lowest BCUT2D eigenvalue weighted by atomic mass is 10.2. The van der Waals surface area contributed by atoms with Gasteiger partial charge in [0.15, 0.2) is 0 Å². The summed E-state index contributed by atoms with van der Waals surface area (Å²) >= 11 is 0. The zero-order chi connectivity index (χ0) is 23.5. The highest BCUT2D eigenvalue weighted by atomic mass is 33.1. The van der Waals surface area contributed by atoms with Crippen molar-refractivity contribution < 1.29 is 37.3 Å². The first-order valence-corrected chi connectivity index (χ1v) is 11.6. The van der Waals surface area contributed by atoms with Gasteiger partial charge in [-0.3, -0.25) is 9.59 Å². The SMILES string of the molecule is CC(C)(C)SSC(COc1cccc(C(=O)NCCNC(=O)C(F)(F)F)c1)OCCO. The third kappa shape index (κ3) is 12.1. The minimum atomic E-state index is -4.96. The molecule has 1 rings (SSSR count). The summed E-state index contributed by atoms with van der Waals surface area (Å²) < 4.78 is 47.6. The maximum atomic E-state index is 12.2. The van der Waals surface area contributed by atoms with E-state index in [9.17, 15) is 22.8 Å². The number of aliphatic hydroxyl groups is 1. The van der Waals surface area contributed by atoms with E-state index in [0.29, 0.717) is 5.75 Å². The Bertz CT molecular complexity index is 715. The molecular formula is C19H27F3N2O5S2. The quantitative estimate of drug-likeness (QED) is 0.238. The van der Waals surface area contributed by atoms with Crippen LogP contribution < -0.4 is 15.4 Å². The van der Waals surface area contributed by atoms with E-state index in [-0.39, 0.29) is 48.7 Å². The number of alkyl halides is 3. The summed E-state index contributed by atoms with van der Waals surface area (Å²) in [5.74, 6) is -2.16. The third-order valence-corrected chi connectivity index (χ3v) is 6.75. The normalized spacial score (nSPS) is 12.9. The lowest BCUT2D eigenvalue weighted by Crippen LogP contribution is -2.41. The van der Waals surface area contributed by atoms with Crippen LogP contribution in [0, 0.1) is 0 Å². The van der Waals surface area contributed by atoms with Crippen LogP contribution in [0.4, 0.5) is 13.2 Å². The largest absolute Gasteiger partial charge is 0.490 e. The van der Waals surface area contributed by atoms with Crippen molar-refractivity contribution in [2.24, 2.45) is 0 Å². The minimum absolute atomic E-state index is 0.00304. The summed E-state index contributed by atoms with van der Waals surface area (Å²) in [5.41, 5.74) is -0.0877. The van der Waals surface area contributed by atoms with Crippen molar-refractivity contribution in [1.29, 1.82) is 0 Å². The molecule has 0 saturated carbocycles. The van der Waals surface area contributed by atoms with E-state index < -0.39 is 18.0 Å². The Morgan fingerprint density at radius 3 is 2.45 bits per heavy atom. The molecular weight excluding hydrogens is 457 g/mol. The molecule has 176 valence electrons. The van der Waals surface area contributed by atoms with Crippen LogP contribution in [0.2, 0.25) is 0 Å². The fraction of sp³-hybridized carbons (Fsp3) is 0.579. The van der Waals surface area contributed by atoms with Crippen molar-refractivity contribution in [2.45, 2.75) is 37.1 Å². The molecule has 0 heterocycles. The summed E-state index contributed by atoms with van der Waals surface area (Å²) in [6, 6.07) is 6.29. The van der Waals surface area contributed by atoms with Crippen molar-refractivity contribution in [1.82, 2.24) is 10.6 Å². The Morgan fingerprint density at radius 2 is 1.84 bits per heavy atom. The number of benzene rings is 1. The molecule has 0 fully saturated rings. The number of ether oxygens (including phenoxy) is 2. The van der Waals surface area contributed by atoms with Gasteiger partial charge in [-0.05, 0) is 18.2 Å². The molecule has 1 aromatic carbocycles. The first-order chi connectivity index (χ1) is 14.4. The Labute approximate surface area is 187 Å². The van der Waals surface area contributed by atoms with Crippen molar-refractivity contribution in [3.05, 3.63) is 29.8 Å². The number of amides is 2. The topological polar surface area (TPSA) is 96.9 Å². The highest BCUT2D eigenvalue weighted by molar-refractivity contribution is 8.77. The van der Waals surface area contributed by atoms with Crippen LogP contribution in [-0.4, -0.2) is 66.2 Å². The van der Waals surface area contributed by atoms with Crippen LogP contribution in [0.3, 0.4) is 0 Å². The van der Waals surface area contributed by atoms with E-state index in [1.807, 2.05) is 0 Å². The van der Waals surface area contributed by atoms with Gasteiger partial charge < -0.3 is 25.2 Å². The van der Waals surface area contributed by atoms with Crippen LogP contribution in [-0.2, 0) is 9.53 Å². The average molecular weight is 485 g/mol. The van der Waals surface area contributed by atoms with Gasteiger partial charge in [-0.25, -0.2) is 0 Å². The Morgan fingerprint density at radius 1 is 1.16 bits per heavy atom. The maximum Gasteiger partial charge on any atom is 0.471 e. The number of hydrogen-bond acceptors (Lipinski definition) is 7. The zero-order valence-electron chi connectivity index (χ0n) is 17.5. The second-order valence-electron chi connectivity index (χ2n) is 7.16. The number of rotatable bonds is 12. The van der Waals surface area contributed by atoms with E-state index >= 15 is 0 Å². The van der Waals surface area contributed by atoms with E-state index in [0.717, 1.165) is 0 Å². The van der Waals surface area contributed by atoms with Gasteiger partial charge in [-0.1, -0.05) is 48.4 Å². The van der Waals surface area contributed by atoms with Gasteiger partial charge >= 0.3 is 12.1 Å². The first kappa shape index (κ1) is 27.4. The molecule has 0 bridgehead atoms.